The third-order valence-electron chi connectivity index (χ3n) is 5.29. The monoisotopic (exact) mass is 352 g/mol. The number of carbonyl (C=O) groups is 1. The molecule has 1 saturated heterocycles. The zero-order valence-electron chi connectivity index (χ0n) is 15.1. The number of aliphatic hydroxyl groups is 2. The molecule has 2 fully saturated rings. The first kappa shape index (κ1) is 20.1. The number of allylic oxidation sites excluding steroid dienone is 1. The van der Waals surface area contributed by atoms with Gasteiger partial charge in [-0.15, -0.1) is 0 Å². The molecule has 0 aromatic heterocycles. The van der Waals surface area contributed by atoms with Gasteiger partial charge in [-0.1, -0.05) is 44.4 Å². The summed E-state index contributed by atoms with van der Waals surface area (Å²) in [5.41, 5.74) is 1.17. The van der Waals surface area contributed by atoms with Gasteiger partial charge >= 0.3 is 5.97 Å². The minimum atomic E-state index is -0.770. The first-order chi connectivity index (χ1) is 12.0. The molecule has 0 spiro atoms. The number of aliphatic hydroxyl groups excluding tert-OH is 2. The SMILES string of the molecule is CCCCCC(O)C=CC1C(O)CC2OCC(=CCCCC(=O)O)C21. The lowest BCUT2D eigenvalue weighted by Crippen LogP contribution is -2.19. The van der Waals surface area contributed by atoms with Crippen LogP contribution in [0.1, 0.15) is 58.3 Å². The maximum atomic E-state index is 10.6. The van der Waals surface area contributed by atoms with Gasteiger partial charge in [0.1, 0.15) is 0 Å². The van der Waals surface area contributed by atoms with Crippen molar-refractivity contribution in [1.29, 1.82) is 0 Å². The smallest absolute Gasteiger partial charge is 0.303 e. The Morgan fingerprint density at radius 1 is 1.36 bits per heavy atom. The molecule has 5 unspecified atom stereocenters. The lowest BCUT2D eigenvalue weighted by molar-refractivity contribution is -0.137. The van der Waals surface area contributed by atoms with Gasteiger partial charge in [0.25, 0.3) is 0 Å². The normalized spacial score (nSPS) is 31.7. The van der Waals surface area contributed by atoms with Crippen molar-refractivity contribution >= 4 is 5.97 Å². The van der Waals surface area contributed by atoms with E-state index < -0.39 is 18.2 Å². The van der Waals surface area contributed by atoms with E-state index in [4.69, 9.17) is 9.84 Å². The highest BCUT2D eigenvalue weighted by molar-refractivity contribution is 5.66. The van der Waals surface area contributed by atoms with Crippen molar-refractivity contribution in [3.63, 3.8) is 0 Å². The van der Waals surface area contributed by atoms with Gasteiger partial charge in [0.2, 0.25) is 0 Å². The van der Waals surface area contributed by atoms with Crippen LogP contribution in [0.4, 0.5) is 0 Å². The van der Waals surface area contributed by atoms with Crippen LogP contribution < -0.4 is 0 Å². The van der Waals surface area contributed by atoms with Crippen LogP contribution in [0.25, 0.3) is 0 Å². The number of unbranched alkanes of at least 4 members (excludes halogenated alkanes) is 3. The number of hydrogen-bond donors (Lipinski definition) is 3. The van der Waals surface area contributed by atoms with Crippen molar-refractivity contribution in [1.82, 2.24) is 0 Å². The molecule has 1 saturated carbocycles. The number of ether oxygens (including phenoxy) is 1. The van der Waals surface area contributed by atoms with E-state index in [1.54, 1.807) is 0 Å². The Labute approximate surface area is 150 Å². The van der Waals surface area contributed by atoms with E-state index in [1.165, 1.54) is 5.57 Å². The van der Waals surface area contributed by atoms with E-state index in [-0.39, 0.29) is 24.4 Å². The molecule has 5 atom stereocenters. The molecule has 1 heterocycles. The Morgan fingerprint density at radius 3 is 2.88 bits per heavy atom. The molecular weight excluding hydrogens is 320 g/mol. The maximum Gasteiger partial charge on any atom is 0.303 e. The van der Waals surface area contributed by atoms with Gasteiger partial charge in [-0.2, -0.15) is 0 Å². The van der Waals surface area contributed by atoms with Crippen LogP contribution in [0.15, 0.2) is 23.8 Å². The second kappa shape index (κ2) is 10.1. The number of aliphatic carboxylic acids is 1. The Balaban J connectivity index is 1.92. The van der Waals surface area contributed by atoms with Gasteiger partial charge in [-0.25, -0.2) is 0 Å². The molecule has 1 aliphatic carbocycles. The summed E-state index contributed by atoms with van der Waals surface area (Å²) in [7, 11) is 0. The van der Waals surface area contributed by atoms with E-state index >= 15 is 0 Å². The van der Waals surface area contributed by atoms with E-state index in [1.807, 2.05) is 12.2 Å². The van der Waals surface area contributed by atoms with Crippen LogP contribution in [0.3, 0.4) is 0 Å². The van der Waals surface area contributed by atoms with Crippen LogP contribution in [0, 0.1) is 11.8 Å². The van der Waals surface area contributed by atoms with Gasteiger partial charge in [0.15, 0.2) is 0 Å². The van der Waals surface area contributed by atoms with Crippen molar-refractivity contribution < 1.29 is 24.9 Å². The largest absolute Gasteiger partial charge is 0.481 e. The van der Waals surface area contributed by atoms with Crippen LogP contribution in [-0.2, 0) is 9.53 Å². The zero-order chi connectivity index (χ0) is 18.2. The number of hydrogen-bond acceptors (Lipinski definition) is 4. The fourth-order valence-electron chi connectivity index (χ4n) is 3.93. The van der Waals surface area contributed by atoms with Gasteiger partial charge < -0.3 is 20.1 Å². The summed E-state index contributed by atoms with van der Waals surface area (Å²) in [4.78, 5) is 10.6. The second-order valence-electron chi connectivity index (χ2n) is 7.27. The fourth-order valence-corrected chi connectivity index (χ4v) is 3.93. The van der Waals surface area contributed by atoms with Crippen LogP contribution in [-0.4, -0.2) is 46.2 Å². The number of rotatable bonds is 10. The van der Waals surface area contributed by atoms with E-state index in [2.05, 4.69) is 13.0 Å². The Bertz CT molecular complexity index is 484. The average Bonchev–Trinajstić information content (AvgIpc) is 3.08. The predicted molar refractivity (Wildman–Crippen MR) is 96.2 cm³/mol. The highest BCUT2D eigenvalue weighted by atomic mass is 16.5. The van der Waals surface area contributed by atoms with Gasteiger partial charge in [-0.3, -0.25) is 4.79 Å². The Hall–Kier alpha value is -1.17. The average molecular weight is 352 g/mol. The topological polar surface area (TPSA) is 87.0 Å². The number of carboxylic acid groups (broad SMARTS) is 1. The first-order valence-corrected chi connectivity index (χ1v) is 9.59. The van der Waals surface area contributed by atoms with Crippen LogP contribution >= 0.6 is 0 Å². The third-order valence-corrected chi connectivity index (χ3v) is 5.29. The second-order valence-corrected chi connectivity index (χ2v) is 7.27. The molecule has 0 aromatic rings. The molecule has 142 valence electrons. The molecule has 0 bridgehead atoms. The summed E-state index contributed by atoms with van der Waals surface area (Å²) in [6.07, 6.45) is 11.2. The Morgan fingerprint density at radius 2 is 2.16 bits per heavy atom. The standard InChI is InChI=1S/C20H32O5/c1-2-3-4-8-15(21)10-11-16-17(22)12-18-20(16)14(13-25-18)7-5-6-9-19(23)24/h7,10-11,15-18,20-22H,2-6,8-9,12-13H2,1H3,(H,23,24). The van der Waals surface area contributed by atoms with Crippen molar-refractivity contribution in [2.45, 2.75) is 76.6 Å². The molecule has 5 heteroatoms. The van der Waals surface area contributed by atoms with E-state index in [0.29, 0.717) is 19.4 Å². The molecule has 0 amide bonds. The number of carboxylic acids is 1. The molecule has 25 heavy (non-hydrogen) atoms. The fraction of sp³-hybridized carbons (Fsp3) is 0.750. The maximum absolute atomic E-state index is 10.6. The minimum absolute atomic E-state index is 0.0287. The van der Waals surface area contributed by atoms with Crippen molar-refractivity contribution in [2.75, 3.05) is 6.61 Å². The molecular formula is C20H32O5. The quantitative estimate of drug-likeness (QED) is 0.415. The van der Waals surface area contributed by atoms with Gasteiger partial charge in [-0.05, 0) is 24.8 Å². The van der Waals surface area contributed by atoms with Gasteiger partial charge in [0.05, 0.1) is 24.9 Å². The summed E-state index contributed by atoms with van der Waals surface area (Å²) < 4.78 is 5.81. The molecule has 3 N–H and O–H groups in total. The molecule has 5 nitrogen and oxygen atoms in total. The predicted octanol–water partition coefficient (Wildman–Crippen LogP) is 3.06. The minimum Gasteiger partial charge on any atom is -0.481 e. The van der Waals surface area contributed by atoms with Crippen molar-refractivity contribution in [2.24, 2.45) is 11.8 Å². The molecule has 1 aliphatic heterocycles. The van der Waals surface area contributed by atoms with Crippen molar-refractivity contribution in [3.8, 4) is 0 Å². The van der Waals surface area contributed by atoms with Gasteiger partial charge in [0, 0.05) is 24.7 Å². The van der Waals surface area contributed by atoms with Crippen LogP contribution in [0.5, 0.6) is 0 Å². The third kappa shape index (κ3) is 5.94. The lowest BCUT2D eigenvalue weighted by atomic mass is 9.87. The molecule has 2 aliphatic rings. The molecule has 0 aromatic carbocycles. The summed E-state index contributed by atoms with van der Waals surface area (Å²) in [6.45, 7) is 2.71. The highest BCUT2D eigenvalue weighted by Crippen LogP contribution is 2.44. The van der Waals surface area contributed by atoms with E-state index in [0.717, 1.165) is 32.1 Å². The van der Waals surface area contributed by atoms with Crippen LogP contribution in [0.2, 0.25) is 0 Å². The molecule has 2 rings (SSSR count). The summed E-state index contributed by atoms with van der Waals surface area (Å²) >= 11 is 0. The molecule has 0 radical (unpaired) electrons. The summed E-state index contributed by atoms with van der Waals surface area (Å²) in [6, 6.07) is 0. The number of fused-ring (bicyclic) bond motifs is 1. The summed E-state index contributed by atoms with van der Waals surface area (Å²) in [5.74, 6) is -0.647. The highest BCUT2D eigenvalue weighted by Gasteiger charge is 2.47. The van der Waals surface area contributed by atoms with E-state index in [9.17, 15) is 15.0 Å². The summed E-state index contributed by atoms with van der Waals surface area (Å²) in [5, 5.41) is 29.2. The first-order valence-electron chi connectivity index (χ1n) is 9.59. The zero-order valence-corrected chi connectivity index (χ0v) is 15.1. The lowest BCUT2D eigenvalue weighted by Gasteiger charge is -2.18. The Kier molecular flexibility index (Phi) is 8.13. The van der Waals surface area contributed by atoms with Crippen molar-refractivity contribution in [3.05, 3.63) is 23.8 Å².